The molecule has 1 heteroatoms. The van der Waals surface area contributed by atoms with E-state index in [1.807, 2.05) is 6.07 Å². The Morgan fingerprint density at radius 2 is 1.19 bits per heavy atom. The van der Waals surface area contributed by atoms with Crippen molar-refractivity contribution in [2.75, 3.05) is 0 Å². The van der Waals surface area contributed by atoms with Crippen LogP contribution in [0.3, 0.4) is 0 Å². The normalized spacial score (nSPS) is 10.8. The molecule has 0 atom stereocenters. The second-order valence-corrected chi connectivity index (χ2v) is 7.69. The van der Waals surface area contributed by atoms with Crippen molar-refractivity contribution in [2.24, 2.45) is 0 Å². The summed E-state index contributed by atoms with van der Waals surface area (Å²) in [5, 5.41) is 0. The third-order valence-electron chi connectivity index (χ3n) is 5.10. The summed E-state index contributed by atoms with van der Waals surface area (Å²) in [5.74, 6) is 0. The van der Waals surface area contributed by atoms with Gasteiger partial charge in [0.15, 0.2) is 0 Å². The standard InChI is InChI=1S/C25H34S/c1-2-3-4-5-6-7-8-9-10-12-17-22-18-15-16-21-24(22)25(26)23-19-13-11-14-20-23/h11,13-16,18-21H,2-10,12,17H2,1H3. The second kappa shape index (κ2) is 12.8. The summed E-state index contributed by atoms with van der Waals surface area (Å²) < 4.78 is 0. The van der Waals surface area contributed by atoms with Gasteiger partial charge >= 0.3 is 0 Å². The zero-order valence-corrected chi connectivity index (χ0v) is 17.2. The molecule has 0 radical (unpaired) electrons. The topological polar surface area (TPSA) is 0 Å². The lowest BCUT2D eigenvalue weighted by atomic mass is 9.95. The van der Waals surface area contributed by atoms with E-state index in [4.69, 9.17) is 12.2 Å². The van der Waals surface area contributed by atoms with Gasteiger partial charge in [0.25, 0.3) is 0 Å². The minimum Gasteiger partial charge on any atom is -0.0788 e. The van der Waals surface area contributed by atoms with Crippen LogP contribution in [0.1, 0.15) is 87.8 Å². The van der Waals surface area contributed by atoms with Crippen LogP contribution in [0, 0.1) is 0 Å². The molecule has 0 aliphatic rings. The number of hydrogen-bond donors (Lipinski definition) is 0. The molecule has 140 valence electrons. The van der Waals surface area contributed by atoms with Gasteiger partial charge in [-0.15, -0.1) is 0 Å². The lowest BCUT2D eigenvalue weighted by Crippen LogP contribution is -2.04. The van der Waals surface area contributed by atoms with Gasteiger partial charge in [0.1, 0.15) is 0 Å². The number of thiocarbonyl (C=S) groups is 1. The first-order chi connectivity index (χ1) is 12.8. The van der Waals surface area contributed by atoms with E-state index < -0.39 is 0 Å². The van der Waals surface area contributed by atoms with Crippen molar-refractivity contribution in [3.63, 3.8) is 0 Å². The molecule has 0 fully saturated rings. The molecule has 0 amide bonds. The molecule has 0 unspecified atom stereocenters. The Morgan fingerprint density at radius 1 is 0.654 bits per heavy atom. The average Bonchev–Trinajstić information content (AvgIpc) is 2.70. The van der Waals surface area contributed by atoms with Gasteiger partial charge in [-0.1, -0.05) is 132 Å². The molecule has 0 heterocycles. The molecule has 0 aromatic heterocycles. The molecule has 0 aliphatic heterocycles. The third-order valence-corrected chi connectivity index (χ3v) is 5.55. The van der Waals surface area contributed by atoms with Gasteiger partial charge in [0.05, 0.1) is 4.86 Å². The molecule has 26 heavy (non-hydrogen) atoms. The molecular weight excluding hydrogens is 332 g/mol. The number of aryl methyl sites for hydroxylation is 1. The highest BCUT2D eigenvalue weighted by molar-refractivity contribution is 7.81. The van der Waals surface area contributed by atoms with Crippen LogP contribution in [-0.2, 0) is 6.42 Å². The molecule has 0 saturated heterocycles. The Labute approximate surface area is 166 Å². The summed E-state index contributed by atoms with van der Waals surface area (Å²) >= 11 is 5.75. The van der Waals surface area contributed by atoms with Crippen molar-refractivity contribution in [1.82, 2.24) is 0 Å². The van der Waals surface area contributed by atoms with E-state index in [2.05, 4.69) is 55.5 Å². The van der Waals surface area contributed by atoms with Crippen molar-refractivity contribution >= 4 is 17.1 Å². The van der Waals surface area contributed by atoms with Gasteiger partial charge in [0, 0.05) is 0 Å². The quantitative estimate of drug-likeness (QED) is 0.197. The largest absolute Gasteiger partial charge is 0.0788 e. The van der Waals surface area contributed by atoms with E-state index in [-0.39, 0.29) is 0 Å². The molecule has 2 aromatic rings. The summed E-state index contributed by atoms with van der Waals surface area (Å²) in [4.78, 5) is 0.980. The van der Waals surface area contributed by atoms with E-state index in [1.54, 1.807) is 0 Å². The zero-order valence-electron chi connectivity index (χ0n) is 16.4. The molecule has 0 spiro atoms. The van der Waals surface area contributed by atoms with Gasteiger partial charge in [0.2, 0.25) is 0 Å². The SMILES string of the molecule is CCCCCCCCCCCCc1ccccc1C(=S)c1ccccc1. The monoisotopic (exact) mass is 366 g/mol. The van der Waals surface area contributed by atoms with Gasteiger partial charge in [-0.2, -0.15) is 0 Å². The minimum absolute atomic E-state index is 0.980. The van der Waals surface area contributed by atoms with Crippen molar-refractivity contribution in [3.05, 3.63) is 71.3 Å². The maximum atomic E-state index is 5.75. The number of unbranched alkanes of at least 4 members (excludes halogenated alkanes) is 9. The Morgan fingerprint density at radius 3 is 1.85 bits per heavy atom. The summed E-state index contributed by atoms with van der Waals surface area (Å²) in [7, 11) is 0. The van der Waals surface area contributed by atoms with Crippen LogP contribution >= 0.6 is 12.2 Å². The molecule has 0 N–H and O–H groups in total. The molecule has 2 aromatic carbocycles. The van der Waals surface area contributed by atoms with Crippen LogP contribution < -0.4 is 0 Å². The van der Waals surface area contributed by atoms with E-state index in [0.29, 0.717) is 0 Å². The Bertz CT molecular complexity index is 630. The Hall–Kier alpha value is -1.47. The molecule has 0 saturated carbocycles. The van der Waals surface area contributed by atoms with Gasteiger partial charge in [-0.25, -0.2) is 0 Å². The summed E-state index contributed by atoms with van der Waals surface area (Å²) in [6.07, 6.45) is 15.0. The fourth-order valence-electron chi connectivity index (χ4n) is 3.51. The van der Waals surface area contributed by atoms with Crippen LogP contribution in [0.2, 0.25) is 0 Å². The fraction of sp³-hybridized carbons (Fsp3) is 0.480. The maximum Gasteiger partial charge on any atom is 0.0524 e. The molecule has 0 aliphatic carbocycles. The highest BCUT2D eigenvalue weighted by atomic mass is 32.1. The van der Waals surface area contributed by atoms with Gasteiger partial charge < -0.3 is 0 Å². The lowest BCUT2D eigenvalue weighted by Gasteiger charge is -2.11. The number of rotatable bonds is 13. The van der Waals surface area contributed by atoms with Gasteiger partial charge in [-0.3, -0.25) is 0 Å². The highest BCUT2D eigenvalue weighted by Gasteiger charge is 2.08. The van der Waals surface area contributed by atoms with Crippen LogP contribution in [0.5, 0.6) is 0 Å². The number of benzene rings is 2. The summed E-state index contributed by atoms with van der Waals surface area (Å²) in [6.45, 7) is 2.28. The van der Waals surface area contributed by atoms with Crippen LogP contribution in [0.15, 0.2) is 54.6 Å². The van der Waals surface area contributed by atoms with E-state index in [1.165, 1.54) is 75.3 Å². The smallest absolute Gasteiger partial charge is 0.0524 e. The van der Waals surface area contributed by atoms with Crippen molar-refractivity contribution in [1.29, 1.82) is 0 Å². The summed E-state index contributed by atoms with van der Waals surface area (Å²) in [5.41, 5.74) is 3.79. The third kappa shape index (κ3) is 7.41. The lowest BCUT2D eigenvalue weighted by molar-refractivity contribution is 0.556. The first kappa shape index (κ1) is 20.8. The van der Waals surface area contributed by atoms with Crippen LogP contribution in [-0.4, -0.2) is 4.86 Å². The van der Waals surface area contributed by atoms with Crippen molar-refractivity contribution in [2.45, 2.75) is 77.6 Å². The Balaban J connectivity index is 1.71. The van der Waals surface area contributed by atoms with E-state index >= 15 is 0 Å². The van der Waals surface area contributed by atoms with Gasteiger partial charge in [-0.05, 0) is 29.5 Å². The van der Waals surface area contributed by atoms with Crippen LogP contribution in [0.4, 0.5) is 0 Å². The van der Waals surface area contributed by atoms with E-state index in [9.17, 15) is 0 Å². The maximum absolute atomic E-state index is 5.75. The minimum atomic E-state index is 0.980. The number of hydrogen-bond acceptors (Lipinski definition) is 1. The predicted octanol–water partition coefficient (Wildman–Crippen LogP) is 7.92. The second-order valence-electron chi connectivity index (χ2n) is 7.28. The molecular formula is C25H34S. The predicted molar refractivity (Wildman–Crippen MR) is 119 cm³/mol. The van der Waals surface area contributed by atoms with Crippen LogP contribution in [0.25, 0.3) is 0 Å². The average molecular weight is 367 g/mol. The summed E-state index contributed by atoms with van der Waals surface area (Å²) in [6, 6.07) is 19.1. The molecule has 2 rings (SSSR count). The van der Waals surface area contributed by atoms with E-state index in [0.717, 1.165) is 16.8 Å². The Kier molecular flexibility index (Phi) is 10.3. The van der Waals surface area contributed by atoms with Crippen molar-refractivity contribution in [3.8, 4) is 0 Å². The highest BCUT2D eigenvalue weighted by Crippen LogP contribution is 2.19. The molecule has 0 nitrogen and oxygen atoms in total. The fourth-order valence-corrected chi connectivity index (χ4v) is 3.84. The molecule has 0 bridgehead atoms. The van der Waals surface area contributed by atoms with Crippen molar-refractivity contribution < 1.29 is 0 Å². The zero-order chi connectivity index (χ0) is 18.5. The first-order valence-electron chi connectivity index (χ1n) is 10.5. The first-order valence-corrected chi connectivity index (χ1v) is 10.9.